The van der Waals surface area contributed by atoms with Crippen LogP contribution in [0.2, 0.25) is 0 Å². The zero-order valence-electron chi connectivity index (χ0n) is 20.5. The number of pyridine rings is 1. The molecule has 7 heteroatoms. The number of anilines is 1. The molecule has 3 heterocycles. The van der Waals surface area contributed by atoms with Gasteiger partial charge in [-0.15, -0.1) is 0 Å². The number of nitrogens with one attached hydrogen (secondary N) is 1. The maximum Gasteiger partial charge on any atom is 0.174 e. The van der Waals surface area contributed by atoms with E-state index in [-0.39, 0.29) is 12.1 Å². The number of fused-ring (bicyclic) bond motifs is 1. The smallest absolute Gasteiger partial charge is 0.174 e. The molecule has 184 valence electrons. The van der Waals surface area contributed by atoms with Gasteiger partial charge < -0.3 is 24.3 Å². The van der Waals surface area contributed by atoms with Crippen LogP contribution in [0, 0.1) is 0 Å². The molecule has 2 aromatic heterocycles. The molecular weight excluding hydrogens is 480 g/mol. The van der Waals surface area contributed by atoms with Crippen molar-refractivity contribution in [3.8, 4) is 17.2 Å². The van der Waals surface area contributed by atoms with Gasteiger partial charge in [0.2, 0.25) is 0 Å². The highest BCUT2D eigenvalue weighted by Crippen LogP contribution is 2.46. The Bertz CT molecular complexity index is 1580. The van der Waals surface area contributed by atoms with Crippen molar-refractivity contribution in [2.24, 2.45) is 0 Å². The Hall–Kier alpha value is -4.36. The van der Waals surface area contributed by atoms with Gasteiger partial charge in [-0.25, -0.2) is 0 Å². The van der Waals surface area contributed by atoms with Crippen LogP contribution in [0.4, 0.5) is 5.69 Å². The molecule has 0 saturated carbocycles. The quantitative estimate of drug-likeness (QED) is 0.276. The molecule has 37 heavy (non-hydrogen) atoms. The van der Waals surface area contributed by atoms with Gasteiger partial charge in [0.05, 0.1) is 31.6 Å². The van der Waals surface area contributed by atoms with Crippen molar-refractivity contribution < 1.29 is 9.47 Å². The molecule has 1 N–H and O–H groups in total. The Labute approximate surface area is 221 Å². The summed E-state index contributed by atoms with van der Waals surface area (Å²) in [7, 11) is 3.33. The summed E-state index contributed by atoms with van der Waals surface area (Å²) in [6.45, 7) is 0. The Morgan fingerprint density at radius 2 is 1.68 bits per heavy atom. The first-order valence-corrected chi connectivity index (χ1v) is 12.5. The van der Waals surface area contributed by atoms with Crippen LogP contribution in [0.25, 0.3) is 16.5 Å². The van der Waals surface area contributed by atoms with Crippen molar-refractivity contribution in [1.29, 1.82) is 0 Å². The molecule has 0 aliphatic carbocycles. The fourth-order valence-electron chi connectivity index (χ4n) is 5.10. The first-order chi connectivity index (χ1) is 18.2. The number of benzene rings is 3. The lowest BCUT2D eigenvalue weighted by atomic mass is 10.0. The molecule has 3 aromatic carbocycles. The van der Waals surface area contributed by atoms with Gasteiger partial charge in [-0.1, -0.05) is 36.4 Å². The van der Waals surface area contributed by atoms with E-state index in [0.29, 0.717) is 10.9 Å². The molecular formula is C30H26N4O2S. The number of nitrogens with zero attached hydrogens (tertiary/aromatic N) is 3. The minimum absolute atomic E-state index is 0.182. The molecule has 1 fully saturated rings. The second-order valence-corrected chi connectivity index (χ2v) is 9.26. The van der Waals surface area contributed by atoms with Gasteiger partial charge in [0.25, 0.3) is 0 Å². The van der Waals surface area contributed by atoms with Crippen molar-refractivity contribution in [1.82, 2.24) is 14.9 Å². The monoisotopic (exact) mass is 506 g/mol. The predicted molar refractivity (Wildman–Crippen MR) is 151 cm³/mol. The Balaban J connectivity index is 1.54. The molecule has 6 rings (SSSR count). The van der Waals surface area contributed by atoms with Crippen LogP contribution in [-0.2, 0) is 0 Å². The fraction of sp³-hybridized carbons (Fsp3) is 0.133. The molecule has 0 radical (unpaired) electrons. The van der Waals surface area contributed by atoms with Gasteiger partial charge in [-0.3, -0.25) is 4.98 Å². The lowest BCUT2D eigenvalue weighted by Gasteiger charge is -2.30. The summed E-state index contributed by atoms with van der Waals surface area (Å²) < 4.78 is 13.5. The van der Waals surface area contributed by atoms with Crippen molar-refractivity contribution in [3.63, 3.8) is 0 Å². The average Bonchev–Trinajstić information content (AvgIpc) is 3.57. The first kappa shape index (κ1) is 23.1. The number of methoxy groups -OCH3 is 2. The second-order valence-electron chi connectivity index (χ2n) is 8.87. The third kappa shape index (κ3) is 4.07. The SMILES string of the molecule is COc1ccc(OC)c(N2C(=S)NC(c3ccccn3)C2c2cccn2-c2ccc3ccccc3c2)c1. The Kier molecular flexibility index (Phi) is 5.98. The molecule has 1 aliphatic heterocycles. The van der Waals surface area contributed by atoms with Crippen molar-refractivity contribution in [3.05, 3.63) is 115 Å². The van der Waals surface area contributed by atoms with Gasteiger partial charge in [-0.2, -0.15) is 0 Å². The zero-order valence-corrected chi connectivity index (χ0v) is 21.4. The van der Waals surface area contributed by atoms with E-state index < -0.39 is 0 Å². The summed E-state index contributed by atoms with van der Waals surface area (Å²) in [6.07, 6.45) is 3.91. The van der Waals surface area contributed by atoms with Crippen molar-refractivity contribution in [2.45, 2.75) is 12.1 Å². The van der Waals surface area contributed by atoms with E-state index in [1.54, 1.807) is 14.2 Å². The van der Waals surface area contributed by atoms with Crippen LogP contribution in [0.15, 0.2) is 103 Å². The van der Waals surface area contributed by atoms with E-state index in [9.17, 15) is 0 Å². The van der Waals surface area contributed by atoms with E-state index in [1.807, 2.05) is 42.6 Å². The predicted octanol–water partition coefficient (Wildman–Crippen LogP) is 6.22. The molecule has 0 bridgehead atoms. The molecule has 0 spiro atoms. The van der Waals surface area contributed by atoms with Crippen LogP contribution < -0.4 is 19.7 Å². The van der Waals surface area contributed by atoms with Crippen LogP contribution in [0.1, 0.15) is 23.5 Å². The standard InChI is InChI=1S/C30H26N4O2S/c1-35-23-14-15-27(36-2)26(19-23)34-29(28(32-30(34)37)24-10-5-6-16-31-24)25-11-7-17-33(25)22-13-12-20-8-3-4-9-21(20)18-22/h3-19,28-29H,1-2H3,(H,32,37). The lowest BCUT2D eigenvalue weighted by Crippen LogP contribution is -2.30. The first-order valence-electron chi connectivity index (χ1n) is 12.1. The third-order valence-corrected chi connectivity index (χ3v) is 7.15. The number of rotatable bonds is 6. The molecule has 5 aromatic rings. The van der Waals surface area contributed by atoms with Gasteiger partial charge in [0, 0.05) is 29.8 Å². The van der Waals surface area contributed by atoms with Crippen LogP contribution >= 0.6 is 12.2 Å². The summed E-state index contributed by atoms with van der Waals surface area (Å²) in [6, 6.07) is 30.5. The zero-order chi connectivity index (χ0) is 25.4. The molecule has 6 nitrogen and oxygen atoms in total. The van der Waals surface area contributed by atoms with Crippen LogP contribution in [0.5, 0.6) is 11.5 Å². The summed E-state index contributed by atoms with van der Waals surface area (Å²) >= 11 is 5.94. The van der Waals surface area contributed by atoms with E-state index in [2.05, 4.69) is 80.6 Å². The molecule has 1 saturated heterocycles. The summed E-state index contributed by atoms with van der Waals surface area (Å²) in [4.78, 5) is 6.80. The fourth-order valence-corrected chi connectivity index (χ4v) is 5.44. The van der Waals surface area contributed by atoms with Crippen LogP contribution in [0.3, 0.4) is 0 Å². The van der Waals surface area contributed by atoms with E-state index in [4.69, 9.17) is 21.7 Å². The van der Waals surface area contributed by atoms with Crippen LogP contribution in [-0.4, -0.2) is 28.9 Å². The average molecular weight is 507 g/mol. The molecule has 1 aliphatic rings. The third-order valence-electron chi connectivity index (χ3n) is 6.84. The molecule has 0 amide bonds. The normalized spacial score (nSPS) is 17.1. The maximum absolute atomic E-state index is 5.94. The largest absolute Gasteiger partial charge is 0.497 e. The molecule has 2 unspecified atom stereocenters. The maximum atomic E-state index is 5.94. The number of thiocarbonyl (C=S) groups is 1. The van der Waals surface area contributed by atoms with Gasteiger partial charge >= 0.3 is 0 Å². The summed E-state index contributed by atoms with van der Waals surface area (Å²) in [5.74, 6) is 1.43. The van der Waals surface area contributed by atoms with Gasteiger partial charge in [0.1, 0.15) is 17.5 Å². The van der Waals surface area contributed by atoms with E-state index >= 15 is 0 Å². The minimum atomic E-state index is -0.204. The van der Waals surface area contributed by atoms with E-state index in [0.717, 1.165) is 28.5 Å². The Morgan fingerprint density at radius 1 is 0.838 bits per heavy atom. The van der Waals surface area contributed by atoms with Crippen molar-refractivity contribution in [2.75, 3.05) is 19.1 Å². The topological polar surface area (TPSA) is 51.6 Å². The van der Waals surface area contributed by atoms with Gasteiger partial charge in [-0.05, 0) is 71.5 Å². The van der Waals surface area contributed by atoms with Crippen molar-refractivity contribution >= 4 is 33.8 Å². The minimum Gasteiger partial charge on any atom is -0.497 e. The molecule has 2 atom stereocenters. The number of ether oxygens (including phenoxy) is 2. The number of aromatic nitrogens is 2. The Morgan fingerprint density at radius 3 is 2.46 bits per heavy atom. The summed E-state index contributed by atoms with van der Waals surface area (Å²) in [5.41, 5.74) is 3.89. The number of hydrogen-bond acceptors (Lipinski definition) is 4. The lowest BCUT2D eigenvalue weighted by molar-refractivity contribution is 0.402. The highest BCUT2D eigenvalue weighted by atomic mass is 32.1. The highest BCUT2D eigenvalue weighted by molar-refractivity contribution is 7.80. The van der Waals surface area contributed by atoms with Gasteiger partial charge in [0.15, 0.2) is 5.11 Å². The summed E-state index contributed by atoms with van der Waals surface area (Å²) in [5, 5.41) is 6.53. The second kappa shape index (κ2) is 9.59. The highest BCUT2D eigenvalue weighted by Gasteiger charge is 2.43. The van der Waals surface area contributed by atoms with E-state index in [1.165, 1.54) is 10.8 Å². The number of hydrogen-bond donors (Lipinski definition) is 1.